The van der Waals surface area contributed by atoms with Crippen molar-refractivity contribution in [2.45, 2.75) is 36.1 Å². The quantitative estimate of drug-likeness (QED) is 0.866. The van der Waals surface area contributed by atoms with Gasteiger partial charge in [0, 0.05) is 16.7 Å². The Bertz CT molecular complexity index is 575. The first-order chi connectivity index (χ1) is 9.15. The predicted octanol–water partition coefficient (Wildman–Crippen LogP) is 3.81. The second-order valence-corrected chi connectivity index (χ2v) is 5.98. The van der Waals surface area contributed by atoms with Crippen LogP contribution in [0.3, 0.4) is 0 Å². The zero-order chi connectivity index (χ0) is 13.4. The summed E-state index contributed by atoms with van der Waals surface area (Å²) in [6, 6.07) is 3.90. The maximum atomic E-state index is 13.6. The molecule has 0 saturated heterocycles. The Morgan fingerprint density at radius 3 is 2.63 bits per heavy atom. The molecule has 1 fully saturated rings. The molecule has 2 aromatic rings. The van der Waals surface area contributed by atoms with Crippen molar-refractivity contribution in [2.75, 3.05) is 0 Å². The summed E-state index contributed by atoms with van der Waals surface area (Å²) in [6.45, 7) is 1.75. The molecule has 1 atom stereocenters. The van der Waals surface area contributed by atoms with Gasteiger partial charge in [0.25, 0.3) is 0 Å². The van der Waals surface area contributed by atoms with Gasteiger partial charge in [0.05, 0.1) is 0 Å². The molecule has 1 aromatic carbocycles. The summed E-state index contributed by atoms with van der Waals surface area (Å²) >= 11 is 1.26. The van der Waals surface area contributed by atoms with E-state index >= 15 is 0 Å². The van der Waals surface area contributed by atoms with Crippen LogP contribution in [-0.4, -0.2) is 15.2 Å². The summed E-state index contributed by atoms with van der Waals surface area (Å²) < 4.78 is 27.3. The van der Waals surface area contributed by atoms with E-state index in [4.69, 9.17) is 0 Å². The molecule has 3 nitrogen and oxygen atoms in total. The highest BCUT2D eigenvalue weighted by Gasteiger charge is 2.27. The molecule has 0 amide bonds. The standard InChI is InChI=1S/C13H13F2N3S/c1-7(11-9(14)3-2-4-10(11)15)19-13-16-12(17-18-13)8-5-6-8/h2-4,7-8H,5-6H2,1H3,(H,16,17,18). The second-order valence-electron chi connectivity index (χ2n) is 4.67. The summed E-state index contributed by atoms with van der Waals surface area (Å²) in [5, 5.41) is 7.14. The summed E-state index contributed by atoms with van der Waals surface area (Å²) in [7, 11) is 0. The largest absolute Gasteiger partial charge is 0.262 e. The van der Waals surface area contributed by atoms with Gasteiger partial charge < -0.3 is 0 Å². The third-order valence-corrected chi connectivity index (χ3v) is 4.12. The fourth-order valence-electron chi connectivity index (χ4n) is 1.97. The van der Waals surface area contributed by atoms with Gasteiger partial charge in [-0.3, -0.25) is 5.10 Å². The Balaban J connectivity index is 1.78. The molecule has 0 bridgehead atoms. The van der Waals surface area contributed by atoms with Crippen LogP contribution in [0.1, 0.15) is 42.3 Å². The molecule has 100 valence electrons. The number of benzene rings is 1. The molecule has 0 radical (unpaired) electrons. The van der Waals surface area contributed by atoms with E-state index in [9.17, 15) is 8.78 Å². The number of hydrogen-bond acceptors (Lipinski definition) is 3. The molecular formula is C13H13F2N3S. The Morgan fingerprint density at radius 2 is 2.00 bits per heavy atom. The number of hydrogen-bond donors (Lipinski definition) is 1. The third kappa shape index (κ3) is 2.63. The second kappa shape index (κ2) is 4.92. The maximum absolute atomic E-state index is 13.6. The molecular weight excluding hydrogens is 268 g/mol. The highest BCUT2D eigenvalue weighted by atomic mass is 32.2. The Labute approximate surface area is 113 Å². The lowest BCUT2D eigenvalue weighted by molar-refractivity contribution is 0.557. The van der Waals surface area contributed by atoms with Crippen molar-refractivity contribution in [3.63, 3.8) is 0 Å². The number of H-pyrrole nitrogens is 1. The molecule has 1 saturated carbocycles. The van der Waals surface area contributed by atoms with Gasteiger partial charge in [-0.25, -0.2) is 13.8 Å². The van der Waals surface area contributed by atoms with E-state index in [1.165, 1.54) is 30.0 Å². The molecule has 0 aliphatic heterocycles. The molecule has 1 heterocycles. The van der Waals surface area contributed by atoms with Crippen LogP contribution in [0.5, 0.6) is 0 Å². The molecule has 3 rings (SSSR count). The average molecular weight is 281 g/mol. The summed E-state index contributed by atoms with van der Waals surface area (Å²) in [5.74, 6) is 0.307. The number of nitrogens with zero attached hydrogens (tertiary/aromatic N) is 2. The zero-order valence-electron chi connectivity index (χ0n) is 10.4. The minimum atomic E-state index is -0.530. The number of halogens is 2. The topological polar surface area (TPSA) is 41.6 Å². The van der Waals surface area contributed by atoms with Crippen molar-refractivity contribution in [3.8, 4) is 0 Å². The van der Waals surface area contributed by atoms with E-state index < -0.39 is 11.6 Å². The van der Waals surface area contributed by atoms with E-state index in [1.54, 1.807) is 6.92 Å². The van der Waals surface area contributed by atoms with Crippen molar-refractivity contribution in [2.24, 2.45) is 0 Å². The smallest absolute Gasteiger partial charge is 0.209 e. The highest BCUT2D eigenvalue weighted by Crippen LogP contribution is 2.40. The van der Waals surface area contributed by atoms with Crippen LogP contribution in [0.25, 0.3) is 0 Å². The normalized spacial score (nSPS) is 16.6. The molecule has 1 aliphatic carbocycles. The van der Waals surface area contributed by atoms with Crippen LogP contribution in [0.4, 0.5) is 8.78 Å². The highest BCUT2D eigenvalue weighted by molar-refractivity contribution is 7.99. The Morgan fingerprint density at radius 1 is 1.32 bits per heavy atom. The SMILES string of the molecule is CC(Sc1n[nH]c(C2CC2)n1)c1c(F)cccc1F. The van der Waals surface area contributed by atoms with Crippen LogP contribution >= 0.6 is 11.8 Å². The van der Waals surface area contributed by atoms with Gasteiger partial charge in [-0.2, -0.15) is 0 Å². The zero-order valence-corrected chi connectivity index (χ0v) is 11.2. The van der Waals surface area contributed by atoms with Crippen molar-refractivity contribution >= 4 is 11.8 Å². The van der Waals surface area contributed by atoms with Gasteiger partial charge in [-0.1, -0.05) is 17.8 Å². The molecule has 1 aliphatic rings. The first-order valence-corrected chi connectivity index (χ1v) is 7.06. The summed E-state index contributed by atoms with van der Waals surface area (Å²) in [6.07, 6.45) is 2.27. The predicted molar refractivity (Wildman–Crippen MR) is 69.0 cm³/mol. The maximum Gasteiger partial charge on any atom is 0.209 e. The summed E-state index contributed by atoms with van der Waals surface area (Å²) in [5.41, 5.74) is 0.0743. The van der Waals surface area contributed by atoms with Crippen molar-refractivity contribution in [1.82, 2.24) is 15.2 Å². The van der Waals surface area contributed by atoms with E-state index in [2.05, 4.69) is 15.2 Å². The fourth-order valence-corrected chi connectivity index (χ4v) is 2.87. The minimum Gasteiger partial charge on any atom is -0.262 e. The van der Waals surface area contributed by atoms with Crippen LogP contribution in [0.15, 0.2) is 23.4 Å². The number of aromatic amines is 1. The number of rotatable bonds is 4. The van der Waals surface area contributed by atoms with E-state index in [-0.39, 0.29) is 10.8 Å². The molecule has 19 heavy (non-hydrogen) atoms. The van der Waals surface area contributed by atoms with E-state index in [0.29, 0.717) is 11.1 Å². The van der Waals surface area contributed by atoms with Gasteiger partial charge in [0.15, 0.2) is 0 Å². The van der Waals surface area contributed by atoms with E-state index in [0.717, 1.165) is 18.7 Å². The van der Waals surface area contributed by atoms with Crippen molar-refractivity contribution in [1.29, 1.82) is 0 Å². The van der Waals surface area contributed by atoms with Gasteiger partial charge in [-0.05, 0) is 31.9 Å². The fraction of sp³-hybridized carbons (Fsp3) is 0.385. The number of thioether (sulfide) groups is 1. The third-order valence-electron chi connectivity index (χ3n) is 3.13. The minimum absolute atomic E-state index is 0.0743. The number of nitrogens with one attached hydrogen (secondary N) is 1. The lowest BCUT2D eigenvalue weighted by Crippen LogP contribution is -1.98. The average Bonchev–Trinajstić information content (AvgIpc) is 3.10. The van der Waals surface area contributed by atoms with Crippen molar-refractivity contribution < 1.29 is 8.78 Å². The van der Waals surface area contributed by atoms with Gasteiger partial charge in [0.1, 0.15) is 17.5 Å². The number of aromatic nitrogens is 3. The molecule has 6 heteroatoms. The monoisotopic (exact) mass is 281 g/mol. The Hall–Kier alpha value is -1.43. The molecule has 1 aromatic heterocycles. The first-order valence-electron chi connectivity index (χ1n) is 6.18. The van der Waals surface area contributed by atoms with Gasteiger partial charge in [0.2, 0.25) is 5.16 Å². The molecule has 1 unspecified atom stereocenters. The van der Waals surface area contributed by atoms with Crippen LogP contribution in [0.2, 0.25) is 0 Å². The lowest BCUT2D eigenvalue weighted by Gasteiger charge is -2.11. The van der Waals surface area contributed by atoms with Gasteiger partial charge in [-0.15, -0.1) is 5.10 Å². The van der Waals surface area contributed by atoms with E-state index in [1.807, 2.05) is 0 Å². The van der Waals surface area contributed by atoms with Gasteiger partial charge >= 0.3 is 0 Å². The first kappa shape index (κ1) is 12.6. The Kier molecular flexibility index (Phi) is 3.26. The lowest BCUT2D eigenvalue weighted by atomic mass is 10.1. The molecule has 1 N–H and O–H groups in total. The van der Waals surface area contributed by atoms with Crippen LogP contribution in [-0.2, 0) is 0 Å². The summed E-state index contributed by atoms with van der Waals surface area (Å²) in [4.78, 5) is 4.35. The van der Waals surface area contributed by atoms with Crippen molar-refractivity contribution in [3.05, 3.63) is 41.2 Å². The van der Waals surface area contributed by atoms with Crippen LogP contribution < -0.4 is 0 Å². The molecule has 0 spiro atoms. The van der Waals surface area contributed by atoms with Crippen LogP contribution in [0, 0.1) is 11.6 Å².